The van der Waals surface area contributed by atoms with Gasteiger partial charge in [0.1, 0.15) is 0 Å². The normalized spacial score (nSPS) is 11.2. The molecule has 0 bridgehead atoms. The molecule has 0 aliphatic heterocycles. The smallest absolute Gasteiger partial charge is 0.335 e. The van der Waals surface area contributed by atoms with Gasteiger partial charge >= 0.3 is 5.97 Å². The number of carboxylic acids is 1. The second-order valence-corrected chi connectivity index (χ2v) is 6.99. The van der Waals surface area contributed by atoms with Crippen molar-refractivity contribution in [2.45, 2.75) is 5.75 Å². The van der Waals surface area contributed by atoms with E-state index in [0.717, 1.165) is 5.41 Å². The van der Waals surface area contributed by atoms with Crippen LogP contribution in [0.1, 0.15) is 21.5 Å². The second-order valence-electron chi connectivity index (χ2n) is 4.66. The SMILES string of the molecule is O=C(O)c1ccc(/C=C/S(=O)(=O)Cc2ccc(Cl)cc2)cc1.[Na]. The van der Waals surface area contributed by atoms with Crippen LogP contribution in [0.15, 0.2) is 53.9 Å². The molecule has 1 radical (unpaired) electrons. The third kappa shape index (κ3) is 6.49. The molecule has 2 aromatic carbocycles. The van der Waals surface area contributed by atoms with Crippen molar-refractivity contribution in [2.75, 3.05) is 0 Å². The Morgan fingerprint density at radius 3 is 2.13 bits per heavy atom. The monoisotopic (exact) mass is 359 g/mol. The molecule has 23 heavy (non-hydrogen) atoms. The molecular formula is C16H13ClNaO4S. The van der Waals surface area contributed by atoms with E-state index < -0.39 is 15.8 Å². The minimum absolute atomic E-state index is 0. The van der Waals surface area contributed by atoms with Crippen molar-refractivity contribution in [1.29, 1.82) is 0 Å². The van der Waals surface area contributed by atoms with Gasteiger partial charge in [0.05, 0.1) is 11.3 Å². The van der Waals surface area contributed by atoms with Crippen LogP contribution < -0.4 is 0 Å². The van der Waals surface area contributed by atoms with Crippen LogP contribution in [0.4, 0.5) is 0 Å². The fourth-order valence-corrected chi connectivity index (χ4v) is 3.02. The van der Waals surface area contributed by atoms with E-state index >= 15 is 0 Å². The second kappa shape index (κ2) is 8.66. The molecule has 0 spiro atoms. The summed E-state index contributed by atoms with van der Waals surface area (Å²) in [5, 5.41) is 10.5. The average Bonchev–Trinajstić information content (AvgIpc) is 2.48. The number of aromatic carboxylic acids is 1. The molecule has 0 unspecified atom stereocenters. The molecule has 1 N–H and O–H groups in total. The van der Waals surface area contributed by atoms with E-state index in [9.17, 15) is 13.2 Å². The molecule has 0 fully saturated rings. The number of hydrogen-bond acceptors (Lipinski definition) is 3. The summed E-state index contributed by atoms with van der Waals surface area (Å²) in [5.41, 5.74) is 1.42. The summed E-state index contributed by atoms with van der Waals surface area (Å²) in [6.45, 7) is 0. The zero-order valence-corrected chi connectivity index (χ0v) is 16.0. The van der Waals surface area contributed by atoms with Gasteiger partial charge in [0.2, 0.25) is 0 Å². The Hall–Kier alpha value is -1.11. The number of benzene rings is 2. The first-order valence-corrected chi connectivity index (χ1v) is 8.44. The Kier molecular flexibility index (Phi) is 7.51. The fourth-order valence-electron chi connectivity index (χ4n) is 1.78. The zero-order valence-electron chi connectivity index (χ0n) is 12.4. The molecule has 0 aromatic heterocycles. The average molecular weight is 360 g/mol. The van der Waals surface area contributed by atoms with Gasteiger partial charge in [-0.05, 0) is 41.5 Å². The van der Waals surface area contributed by atoms with Crippen LogP contribution in [0.25, 0.3) is 6.08 Å². The Bertz CT molecular complexity index is 797. The van der Waals surface area contributed by atoms with Crippen LogP contribution in [0.5, 0.6) is 0 Å². The largest absolute Gasteiger partial charge is 0.478 e. The van der Waals surface area contributed by atoms with Crippen LogP contribution in [0.3, 0.4) is 0 Å². The van der Waals surface area contributed by atoms with Crippen LogP contribution in [-0.2, 0) is 15.6 Å². The van der Waals surface area contributed by atoms with Crippen LogP contribution >= 0.6 is 11.6 Å². The molecule has 0 amide bonds. The van der Waals surface area contributed by atoms with Gasteiger partial charge in [0, 0.05) is 40.0 Å². The summed E-state index contributed by atoms with van der Waals surface area (Å²) in [6.07, 6.45) is 1.44. The quantitative estimate of drug-likeness (QED) is 0.832. The number of sulfone groups is 1. The summed E-state index contributed by atoms with van der Waals surface area (Å²) >= 11 is 5.75. The molecule has 0 atom stereocenters. The van der Waals surface area contributed by atoms with Gasteiger partial charge in [-0.2, -0.15) is 0 Å². The summed E-state index contributed by atoms with van der Waals surface area (Å²) in [7, 11) is -3.41. The van der Waals surface area contributed by atoms with E-state index in [0.29, 0.717) is 16.1 Å². The summed E-state index contributed by atoms with van der Waals surface area (Å²) in [5.74, 6) is -1.14. The molecule has 0 saturated carbocycles. The molecule has 2 rings (SSSR count). The molecular weight excluding hydrogens is 347 g/mol. The van der Waals surface area contributed by atoms with Crippen molar-refractivity contribution in [3.05, 3.63) is 75.7 Å². The van der Waals surface area contributed by atoms with Gasteiger partial charge in [0.15, 0.2) is 9.84 Å². The van der Waals surface area contributed by atoms with Gasteiger partial charge in [-0.3, -0.25) is 0 Å². The minimum Gasteiger partial charge on any atom is -0.478 e. The number of rotatable bonds is 5. The Morgan fingerprint density at radius 2 is 1.61 bits per heavy atom. The van der Waals surface area contributed by atoms with Crippen LogP contribution in [0, 0.1) is 0 Å². The molecule has 4 nitrogen and oxygen atoms in total. The molecule has 0 saturated heterocycles. The number of hydrogen-bond donors (Lipinski definition) is 1. The van der Waals surface area contributed by atoms with Crippen LogP contribution in [0.2, 0.25) is 5.02 Å². The molecule has 115 valence electrons. The Labute approximate surface area is 162 Å². The molecule has 0 heterocycles. The van der Waals surface area contributed by atoms with Crippen molar-refractivity contribution in [3.63, 3.8) is 0 Å². The molecule has 2 aromatic rings. The fraction of sp³-hybridized carbons (Fsp3) is 0.0625. The standard InChI is InChI=1S/C16H13ClO4S.Na/c17-15-7-3-13(4-8-15)11-22(20,21)10-9-12-1-5-14(6-2-12)16(18)19;/h1-10H,11H2,(H,18,19);/b10-9+;. The predicted octanol–water partition coefficient (Wildman–Crippen LogP) is 3.24. The van der Waals surface area contributed by atoms with Crippen molar-refractivity contribution in [2.24, 2.45) is 0 Å². The maximum absolute atomic E-state index is 12.0. The minimum atomic E-state index is -3.41. The first-order chi connectivity index (χ1) is 10.4. The van der Waals surface area contributed by atoms with E-state index in [1.165, 1.54) is 18.2 Å². The van der Waals surface area contributed by atoms with E-state index in [1.807, 2.05) is 0 Å². The van der Waals surface area contributed by atoms with E-state index in [1.54, 1.807) is 36.4 Å². The third-order valence-corrected chi connectivity index (χ3v) is 4.45. The zero-order chi connectivity index (χ0) is 16.2. The molecule has 7 heteroatoms. The number of carbonyl (C=O) groups is 1. The van der Waals surface area contributed by atoms with Crippen molar-refractivity contribution >= 4 is 63.0 Å². The van der Waals surface area contributed by atoms with E-state index in [2.05, 4.69) is 0 Å². The predicted molar refractivity (Wildman–Crippen MR) is 92.3 cm³/mol. The Morgan fingerprint density at radius 1 is 1.04 bits per heavy atom. The van der Waals surface area contributed by atoms with E-state index in [4.69, 9.17) is 16.7 Å². The maximum atomic E-state index is 12.0. The first kappa shape index (κ1) is 19.9. The van der Waals surface area contributed by atoms with Crippen molar-refractivity contribution < 1.29 is 18.3 Å². The van der Waals surface area contributed by atoms with Crippen LogP contribution in [-0.4, -0.2) is 49.1 Å². The third-order valence-electron chi connectivity index (χ3n) is 2.91. The van der Waals surface area contributed by atoms with Crippen molar-refractivity contribution in [1.82, 2.24) is 0 Å². The van der Waals surface area contributed by atoms with Gasteiger partial charge in [-0.1, -0.05) is 35.9 Å². The summed E-state index contributed by atoms with van der Waals surface area (Å²) < 4.78 is 24.0. The number of halogens is 1. The maximum Gasteiger partial charge on any atom is 0.335 e. The van der Waals surface area contributed by atoms with Gasteiger partial charge < -0.3 is 5.11 Å². The summed E-state index contributed by atoms with van der Waals surface area (Å²) in [6, 6.07) is 12.6. The summed E-state index contributed by atoms with van der Waals surface area (Å²) in [4.78, 5) is 10.7. The van der Waals surface area contributed by atoms with Crippen molar-refractivity contribution in [3.8, 4) is 0 Å². The Balaban J connectivity index is 0.00000264. The first-order valence-electron chi connectivity index (χ1n) is 6.34. The van der Waals surface area contributed by atoms with Gasteiger partial charge in [0.25, 0.3) is 0 Å². The van der Waals surface area contributed by atoms with Gasteiger partial charge in [-0.15, -0.1) is 0 Å². The molecule has 0 aliphatic carbocycles. The molecule has 0 aliphatic rings. The van der Waals surface area contributed by atoms with Gasteiger partial charge in [-0.25, -0.2) is 13.2 Å². The topological polar surface area (TPSA) is 71.4 Å². The number of carboxylic acid groups (broad SMARTS) is 1. The van der Waals surface area contributed by atoms with E-state index in [-0.39, 0.29) is 40.9 Å².